The minimum atomic E-state index is -4.64. The monoisotopic (exact) mass is 516 g/mol. The average Bonchev–Trinajstić information content (AvgIpc) is 3.18. The number of benzene rings is 3. The summed E-state index contributed by atoms with van der Waals surface area (Å²) in [5.74, 6) is 0.225. The summed E-state index contributed by atoms with van der Waals surface area (Å²) >= 11 is 6.88. The highest BCUT2D eigenvalue weighted by Gasteiger charge is 2.34. The number of alkyl halides is 3. The van der Waals surface area contributed by atoms with Crippen molar-refractivity contribution in [1.29, 1.82) is 0 Å². The summed E-state index contributed by atoms with van der Waals surface area (Å²) in [7, 11) is 1.81. The van der Waals surface area contributed by atoms with Gasteiger partial charge < -0.3 is 9.88 Å². The molecule has 0 radical (unpaired) electrons. The van der Waals surface area contributed by atoms with Crippen LogP contribution >= 0.6 is 23.4 Å². The number of carbonyl (C=O) groups excluding carboxylic acids is 1. The van der Waals surface area contributed by atoms with Crippen molar-refractivity contribution in [3.8, 4) is 0 Å². The first-order valence-corrected chi connectivity index (χ1v) is 11.8. The van der Waals surface area contributed by atoms with E-state index in [9.17, 15) is 18.0 Å². The summed E-state index contributed by atoms with van der Waals surface area (Å²) in [5.41, 5.74) is 0.725. The summed E-state index contributed by atoms with van der Waals surface area (Å²) < 4.78 is 41.6. The fourth-order valence-corrected chi connectivity index (χ4v) is 4.66. The van der Waals surface area contributed by atoms with E-state index in [0.717, 1.165) is 23.5 Å². The Labute approximate surface area is 209 Å². The first-order valence-electron chi connectivity index (χ1n) is 10.5. The Morgan fingerprint density at radius 1 is 1.03 bits per heavy atom. The summed E-state index contributed by atoms with van der Waals surface area (Å²) in [6.07, 6.45) is -4.07. The average molecular weight is 517 g/mol. The second-order valence-electron chi connectivity index (χ2n) is 7.71. The third-order valence-corrected chi connectivity index (χ3v) is 6.85. The van der Waals surface area contributed by atoms with E-state index in [0.29, 0.717) is 17.1 Å². The summed E-state index contributed by atoms with van der Waals surface area (Å²) in [6, 6.07) is 22.0. The van der Waals surface area contributed by atoms with Crippen LogP contribution in [0.25, 0.3) is 0 Å². The van der Waals surface area contributed by atoms with Crippen LogP contribution in [-0.4, -0.2) is 20.7 Å². The number of nitrogens with one attached hydrogen (secondary N) is 1. The number of amides is 1. The predicted molar refractivity (Wildman–Crippen MR) is 130 cm³/mol. The van der Waals surface area contributed by atoms with Crippen molar-refractivity contribution < 1.29 is 18.0 Å². The van der Waals surface area contributed by atoms with Gasteiger partial charge in [-0.2, -0.15) is 13.2 Å². The lowest BCUT2D eigenvalue weighted by atomic mass is 10.1. The predicted octanol–water partition coefficient (Wildman–Crippen LogP) is 6.55. The van der Waals surface area contributed by atoms with Gasteiger partial charge in [0.25, 0.3) is 0 Å². The van der Waals surface area contributed by atoms with E-state index in [2.05, 4.69) is 15.5 Å². The molecular weight excluding hydrogens is 497 g/mol. The maximum atomic E-state index is 13.3. The number of halogens is 4. The van der Waals surface area contributed by atoms with Crippen LogP contribution in [0, 0.1) is 0 Å². The van der Waals surface area contributed by atoms with Gasteiger partial charge in [-0.25, -0.2) is 0 Å². The highest BCUT2D eigenvalue weighted by molar-refractivity contribution is 8.00. The van der Waals surface area contributed by atoms with Crippen LogP contribution in [-0.2, 0) is 24.4 Å². The Balaban J connectivity index is 1.59. The number of thioether (sulfide) groups is 1. The van der Waals surface area contributed by atoms with Gasteiger partial charge in [0.2, 0.25) is 5.91 Å². The van der Waals surface area contributed by atoms with E-state index in [1.807, 2.05) is 48.0 Å². The second kappa shape index (κ2) is 10.5. The lowest BCUT2D eigenvalue weighted by Gasteiger charge is -2.17. The molecule has 5 nitrogen and oxygen atoms in total. The van der Waals surface area contributed by atoms with Crippen molar-refractivity contribution in [3.05, 3.63) is 106 Å². The quantitative estimate of drug-likeness (QED) is 0.283. The molecule has 10 heteroatoms. The zero-order chi connectivity index (χ0) is 25.0. The normalized spacial score (nSPS) is 12.4. The minimum Gasteiger partial charge on any atom is -0.325 e. The van der Waals surface area contributed by atoms with Crippen LogP contribution in [0.5, 0.6) is 0 Å². The molecule has 0 bridgehead atoms. The number of nitrogens with zero attached hydrogens (tertiary/aromatic N) is 3. The smallest absolute Gasteiger partial charge is 0.325 e. The molecule has 0 aliphatic rings. The lowest BCUT2D eigenvalue weighted by molar-refractivity contribution is -0.137. The van der Waals surface area contributed by atoms with Crippen molar-refractivity contribution in [2.45, 2.75) is 23.0 Å². The van der Waals surface area contributed by atoms with Crippen LogP contribution in [0.1, 0.15) is 27.8 Å². The standard InChI is InChI=1S/C25H20ClF3N4OS/c1-33-21(14-16-8-4-2-5-9-16)31-32-24(33)35-22(17-10-6-3-7-11-17)23(34)30-18-12-13-20(26)19(15-18)25(27,28)29/h2-13,15,22H,14H2,1H3,(H,30,34)/t22-/m0/s1. The van der Waals surface area contributed by atoms with Crippen molar-refractivity contribution in [2.24, 2.45) is 7.05 Å². The molecular formula is C25H20ClF3N4OS. The Hall–Kier alpha value is -3.30. The fourth-order valence-electron chi connectivity index (χ4n) is 3.41. The number of hydrogen-bond donors (Lipinski definition) is 1. The highest BCUT2D eigenvalue weighted by Crippen LogP contribution is 2.38. The molecule has 1 amide bonds. The van der Waals surface area contributed by atoms with Crippen LogP contribution in [0.2, 0.25) is 5.02 Å². The summed E-state index contributed by atoms with van der Waals surface area (Å²) in [6.45, 7) is 0. The van der Waals surface area contributed by atoms with E-state index in [-0.39, 0.29) is 5.69 Å². The van der Waals surface area contributed by atoms with E-state index in [4.69, 9.17) is 11.6 Å². The van der Waals surface area contributed by atoms with Crippen LogP contribution in [0.15, 0.2) is 84.0 Å². The molecule has 0 saturated carbocycles. The molecule has 0 saturated heterocycles. The van der Waals surface area contributed by atoms with Crippen molar-refractivity contribution in [2.75, 3.05) is 5.32 Å². The zero-order valence-electron chi connectivity index (χ0n) is 18.5. The maximum absolute atomic E-state index is 13.3. The van der Waals surface area contributed by atoms with Crippen LogP contribution < -0.4 is 5.32 Å². The molecule has 1 heterocycles. The van der Waals surface area contributed by atoms with Gasteiger partial charge in [-0.1, -0.05) is 84.0 Å². The molecule has 1 N–H and O–H groups in total. The Morgan fingerprint density at radius 3 is 2.34 bits per heavy atom. The Kier molecular flexibility index (Phi) is 7.47. The first kappa shape index (κ1) is 24.8. The van der Waals surface area contributed by atoms with Crippen LogP contribution in [0.4, 0.5) is 18.9 Å². The molecule has 3 aromatic carbocycles. The molecule has 4 rings (SSSR count). The van der Waals surface area contributed by atoms with Crippen molar-refractivity contribution >= 4 is 35.0 Å². The molecule has 1 atom stereocenters. The van der Waals surface area contributed by atoms with Gasteiger partial charge in [0.05, 0.1) is 10.6 Å². The van der Waals surface area contributed by atoms with Gasteiger partial charge in [0, 0.05) is 19.2 Å². The molecule has 180 valence electrons. The number of carbonyl (C=O) groups is 1. The van der Waals surface area contributed by atoms with Crippen molar-refractivity contribution in [1.82, 2.24) is 14.8 Å². The molecule has 0 aliphatic heterocycles. The first-order chi connectivity index (χ1) is 16.7. The van der Waals surface area contributed by atoms with E-state index in [1.165, 1.54) is 17.8 Å². The van der Waals surface area contributed by atoms with Gasteiger partial charge in [0.15, 0.2) is 5.16 Å². The van der Waals surface area contributed by atoms with E-state index >= 15 is 0 Å². The van der Waals surface area contributed by atoms with E-state index in [1.54, 1.807) is 24.3 Å². The SMILES string of the molecule is Cn1c(Cc2ccccc2)nnc1S[C@H](C(=O)Nc1ccc(Cl)c(C(F)(F)F)c1)c1ccccc1. The minimum absolute atomic E-state index is 0.00371. The molecule has 35 heavy (non-hydrogen) atoms. The summed E-state index contributed by atoms with van der Waals surface area (Å²) in [5, 5.41) is 10.4. The Morgan fingerprint density at radius 2 is 1.69 bits per heavy atom. The molecule has 0 aliphatic carbocycles. The number of rotatable bonds is 7. The molecule has 1 aromatic heterocycles. The van der Waals surface area contributed by atoms with Gasteiger partial charge >= 0.3 is 6.18 Å². The van der Waals surface area contributed by atoms with Gasteiger partial charge in [-0.05, 0) is 29.3 Å². The molecule has 0 fully saturated rings. The number of anilines is 1. The lowest BCUT2D eigenvalue weighted by Crippen LogP contribution is -2.20. The summed E-state index contributed by atoms with van der Waals surface area (Å²) in [4.78, 5) is 13.3. The Bertz CT molecular complexity index is 1310. The third kappa shape index (κ3) is 6.04. The number of aromatic nitrogens is 3. The maximum Gasteiger partial charge on any atom is 0.417 e. The second-order valence-corrected chi connectivity index (χ2v) is 9.19. The van der Waals surface area contributed by atoms with Crippen LogP contribution in [0.3, 0.4) is 0 Å². The molecule has 0 unspecified atom stereocenters. The van der Waals surface area contributed by atoms with Gasteiger partial charge in [-0.15, -0.1) is 10.2 Å². The molecule has 4 aromatic rings. The number of hydrogen-bond acceptors (Lipinski definition) is 4. The molecule has 0 spiro atoms. The topological polar surface area (TPSA) is 59.8 Å². The van der Waals surface area contributed by atoms with Crippen molar-refractivity contribution in [3.63, 3.8) is 0 Å². The fraction of sp³-hybridized carbons (Fsp3) is 0.160. The van der Waals surface area contributed by atoms with E-state index < -0.39 is 27.9 Å². The zero-order valence-corrected chi connectivity index (χ0v) is 20.0. The highest BCUT2D eigenvalue weighted by atomic mass is 35.5. The largest absolute Gasteiger partial charge is 0.417 e. The third-order valence-electron chi connectivity index (χ3n) is 5.23. The van der Waals surface area contributed by atoms with Gasteiger partial charge in [0.1, 0.15) is 11.1 Å². The van der Waals surface area contributed by atoms with Gasteiger partial charge in [-0.3, -0.25) is 4.79 Å².